The average molecular weight is 211 g/mol. The van der Waals surface area contributed by atoms with Gasteiger partial charge in [0, 0.05) is 19.5 Å². The van der Waals surface area contributed by atoms with Crippen LogP contribution in [0.15, 0.2) is 12.7 Å². The first kappa shape index (κ1) is 11.8. The molecule has 1 fully saturated rings. The number of carboxylic acid groups (broad SMARTS) is 1. The lowest BCUT2D eigenvalue weighted by atomic mass is 9.99. The summed E-state index contributed by atoms with van der Waals surface area (Å²) < 4.78 is 0. The van der Waals surface area contributed by atoms with Gasteiger partial charge >= 0.3 is 5.97 Å². The SMILES string of the molecule is C=CCCC(=O)N1C[C@@H](C)[C@H](C(=O)O)C1. The predicted octanol–water partition coefficient (Wildman–Crippen LogP) is 1.13. The lowest BCUT2D eigenvalue weighted by Crippen LogP contribution is -2.29. The van der Waals surface area contributed by atoms with Crippen molar-refractivity contribution >= 4 is 11.9 Å². The second kappa shape index (κ2) is 4.96. The van der Waals surface area contributed by atoms with Gasteiger partial charge in [0.05, 0.1) is 5.92 Å². The lowest BCUT2D eigenvalue weighted by Gasteiger charge is -2.14. The molecule has 0 radical (unpaired) electrons. The van der Waals surface area contributed by atoms with E-state index in [0.29, 0.717) is 25.9 Å². The summed E-state index contributed by atoms with van der Waals surface area (Å²) in [5, 5.41) is 8.91. The van der Waals surface area contributed by atoms with E-state index >= 15 is 0 Å². The van der Waals surface area contributed by atoms with E-state index < -0.39 is 11.9 Å². The zero-order valence-corrected chi connectivity index (χ0v) is 8.98. The number of carboxylic acids is 1. The number of aliphatic carboxylic acids is 1. The molecule has 1 heterocycles. The van der Waals surface area contributed by atoms with Crippen molar-refractivity contribution < 1.29 is 14.7 Å². The summed E-state index contributed by atoms with van der Waals surface area (Å²) in [4.78, 5) is 24.1. The lowest BCUT2D eigenvalue weighted by molar-refractivity contribution is -0.142. The van der Waals surface area contributed by atoms with Gasteiger partial charge in [0.25, 0.3) is 0 Å². The molecule has 84 valence electrons. The molecule has 4 nitrogen and oxygen atoms in total. The molecule has 1 aliphatic rings. The number of hydrogen-bond donors (Lipinski definition) is 1. The fraction of sp³-hybridized carbons (Fsp3) is 0.636. The number of carbonyl (C=O) groups is 2. The van der Waals surface area contributed by atoms with Gasteiger partial charge in [0.1, 0.15) is 0 Å². The van der Waals surface area contributed by atoms with Crippen LogP contribution in [0.1, 0.15) is 19.8 Å². The Morgan fingerprint density at radius 3 is 2.67 bits per heavy atom. The number of nitrogens with zero attached hydrogens (tertiary/aromatic N) is 1. The molecule has 0 aromatic heterocycles. The Kier molecular flexibility index (Phi) is 3.88. The standard InChI is InChI=1S/C11H17NO3/c1-3-4-5-10(13)12-6-8(2)9(7-12)11(14)15/h3,8-9H,1,4-7H2,2H3,(H,14,15)/t8-,9-/m1/s1. The van der Waals surface area contributed by atoms with E-state index in [4.69, 9.17) is 5.11 Å². The van der Waals surface area contributed by atoms with E-state index in [-0.39, 0.29) is 11.8 Å². The summed E-state index contributed by atoms with van der Waals surface area (Å²) >= 11 is 0. The van der Waals surface area contributed by atoms with Crippen molar-refractivity contribution in [3.05, 3.63) is 12.7 Å². The number of carbonyl (C=O) groups excluding carboxylic acids is 1. The molecule has 1 N–H and O–H groups in total. The number of likely N-dealkylation sites (tertiary alicyclic amines) is 1. The molecule has 4 heteroatoms. The van der Waals surface area contributed by atoms with E-state index in [1.54, 1.807) is 11.0 Å². The summed E-state index contributed by atoms with van der Waals surface area (Å²) in [6.45, 7) is 6.34. The van der Waals surface area contributed by atoms with Crippen molar-refractivity contribution in [1.29, 1.82) is 0 Å². The monoisotopic (exact) mass is 211 g/mol. The van der Waals surface area contributed by atoms with Crippen molar-refractivity contribution in [2.75, 3.05) is 13.1 Å². The highest BCUT2D eigenvalue weighted by atomic mass is 16.4. The second-order valence-corrected chi connectivity index (χ2v) is 4.05. The fourth-order valence-electron chi connectivity index (χ4n) is 1.88. The molecule has 2 atom stereocenters. The van der Waals surface area contributed by atoms with Gasteiger partial charge in [-0.2, -0.15) is 0 Å². The van der Waals surface area contributed by atoms with Crippen molar-refractivity contribution in [1.82, 2.24) is 4.90 Å². The van der Waals surface area contributed by atoms with Gasteiger partial charge in [-0.3, -0.25) is 9.59 Å². The topological polar surface area (TPSA) is 57.6 Å². The number of amides is 1. The Morgan fingerprint density at radius 2 is 2.20 bits per heavy atom. The number of hydrogen-bond acceptors (Lipinski definition) is 2. The largest absolute Gasteiger partial charge is 0.481 e. The van der Waals surface area contributed by atoms with Gasteiger partial charge in [-0.1, -0.05) is 13.0 Å². The third kappa shape index (κ3) is 2.81. The van der Waals surface area contributed by atoms with Gasteiger partial charge in [-0.15, -0.1) is 6.58 Å². The Bertz CT molecular complexity index is 275. The van der Waals surface area contributed by atoms with Gasteiger partial charge in [0.15, 0.2) is 0 Å². The normalized spacial score (nSPS) is 25.3. The average Bonchev–Trinajstić information content (AvgIpc) is 2.56. The van der Waals surface area contributed by atoms with E-state index in [0.717, 1.165) is 0 Å². The molecule has 0 spiro atoms. The number of allylic oxidation sites excluding steroid dienone is 1. The summed E-state index contributed by atoms with van der Waals surface area (Å²) in [5.74, 6) is -1.13. The maximum Gasteiger partial charge on any atom is 0.308 e. The minimum absolute atomic E-state index is 0.0329. The predicted molar refractivity (Wildman–Crippen MR) is 56.3 cm³/mol. The van der Waals surface area contributed by atoms with Crippen molar-refractivity contribution in [2.45, 2.75) is 19.8 Å². The molecule has 0 saturated carbocycles. The molecule has 0 aliphatic carbocycles. The van der Waals surface area contributed by atoms with Gasteiger partial charge in [-0.25, -0.2) is 0 Å². The van der Waals surface area contributed by atoms with Crippen LogP contribution in [0.2, 0.25) is 0 Å². The first-order valence-corrected chi connectivity index (χ1v) is 5.17. The van der Waals surface area contributed by atoms with E-state index in [1.165, 1.54) is 0 Å². The quantitative estimate of drug-likeness (QED) is 0.709. The van der Waals surface area contributed by atoms with E-state index in [2.05, 4.69) is 6.58 Å². The van der Waals surface area contributed by atoms with Crippen LogP contribution in [0.4, 0.5) is 0 Å². The third-order valence-corrected chi connectivity index (χ3v) is 2.84. The molecule has 1 amide bonds. The number of rotatable bonds is 4. The van der Waals surface area contributed by atoms with Crippen LogP contribution in [0.3, 0.4) is 0 Å². The van der Waals surface area contributed by atoms with Crippen molar-refractivity contribution in [2.24, 2.45) is 11.8 Å². The molecule has 0 bridgehead atoms. The smallest absolute Gasteiger partial charge is 0.308 e. The molecule has 1 aliphatic heterocycles. The Balaban J connectivity index is 2.50. The summed E-state index contributed by atoms with van der Waals surface area (Å²) in [5.41, 5.74) is 0. The first-order chi connectivity index (χ1) is 7.06. The van der Waals surface area contributed by atoms with Gasteiger partial charge in [0.2, 0.25) is 5.91 Å². The molecule has 1 saturated heterocycles. The minimum atomic E-state index is -0.804. The second-order valence-electron chi connectivity index (χ2n) is 4.05. The van der Waals surface area contributed by atoms with Crippen LogP contribution in [-0.4, -0.2) is 35.0 Å². The first-order valence-electron chi connectivity index (χ1n) is 5.17. The molecule has 0 unspecified atom stereocenters. The van der Waals surface area contributed by atoms with Crippen LogP contribution >= 0.6 is 0 Å². The zero-order chi connectivity index (χ0) is 11.4. The molecule has 0 aromatic rings. The van der Waals surface area contributed by atoms with Crippen molar-refractivity contribution in [3.63, 3.8) is 0 Å². The van der Waals surface area contributed by atoms with Crippen LogP contribution in [0.5, 0.6) is 0 Å². The van der Waals surface area contributed by atoms with Gasteiger partial charge < -0.3 is 10.0 Å². The molecule has 1 rings (SSSR count). The van der Waals surface area contributed by atoms with E-state index in [9.17, 15) is 9.59 Å². The summed E-state index contributed by atoms with van der Waals surface area (Å²) in [7, 11) is 0. The van der Waals surface area contributed by atoms with E-state index in [1.807, 2.05) is 6.92 Å². The fourth-order valence-corrected chi connectivity index (χ4v) is 1.88. The highest BCUT2D eigenvalue weighted by molar-refractivity contribution is 5.79. The Hall–Kier alpha value is -1.32. The molecule has 15 heavy (non-hydrogen) atoms. The summed E-state index contributed by atoms with van der Waals surface area (Å²) in [6, 6.07) is 0. The summed E-state index contributed by atoms with van der Waals surface area (Å²) in [6.07, 6.45) is 2.79. The Morgan fingerprint density at radius 1 is 1.53 bits per heavy atom. The third-order valence-electron chi connectivity index (χ3n) is 2.84. The van der Waals surface area contributed by atoms with Gasteiger partial charge in [-0.05, 0) is 12.3 Å². The minimum Gasteiger partial charge on any atom is -0.481 e. The molecular weight excluding hydrogens is 194 g/mol. The van der Waals surface area contributed by atoms with Crippen LogP contribution in [-0.2, 0) is 9.59 Å². The molecule has 0 aromatic carbocycles. The Labute approximate surface area is 89.6 Å². The van der Waals surface area contributed by atoms with Crippen LogP contribution in [0.25, 0.3) is 0 Å². The van der Waals surface area contributed by atoms with Crippen LogP contribution in [0, 0.1) is 11.8 Å². The maximum atomic E-state index is 11.6. The maximum absolute atomic E-state index is 11.6. The highest BCUT2D eigenvalue weighted by Gasteiger charge is 2.36. The zero-order valence-electron chi connectivity index (χ0n) is 8.98. The highest BCUT2D eigenvalue weighted by Crippen LogP contribution is 2.23. The molecular formula is C11H17NO3. The van der Waals surface area contributed by atoms with Crippen LogP contribution < -0.4 is 0 Å². The van der Waals surface area contributed by atoms with Crippen molar-refractivity contribution in [3.8, 4) is 0 Å².